The van der Waals surface area contributed by atoms with Gasteiger partial charge < -0.3 is 14.5 Å². The number of piperidine rings is 1. The number of likely N-dealkylation sites (tertiary alicyclic amines) is 1. The molecule has 0 atom stereocenters. The van der Waals surface area contributed by atoms with Crippen LogP contribution in [0.1, 0.15) is 28.8 Å². The second-order valence-corrected chi connectivity index (χ2v) is 8.25. The van der Waals surface area contributed by atoms with Crippen molar-refractivity contribution in [2.24, 2.45) is 0 Å². The van der Waals surface area contributed by atoms with E-state index in [0.29, 0.717) is 17.8 Å². The summed E-state index contributed by atoms with van der Waals surface area (Å²) in [5.41, 5.74) is 3.41. The number of carbonyl (C=O) groups is 1. The van der Waals surface area contributed by atoms with Gasteiger partial charge in [0.25, 0.3) is 5.91 Å². The van der Waals surface area contributed by atoms with Crippen LogP contribution >= 0.6 is 0 Å². The first-order valence-electron chi connectivity index (χ1n) is 10.8. The zero-order chi connectivity index (χ0) is 21.8. The van der Waals surface area contributed by atoms with Crippen LogP contribution in [0.5, 0.6) is 5.75 Å². The minimum absolute atomic E-state index is 0.0275. The van der Waals surface area contributed by atoms with Crippen molar-refractivity contribution in [2.45, 2.75) is 25.4 Å². The predicted octanol–water partition coefficient (Wildman–Crippen LogP) is 3.77. The second-order valence-electron chi connectivity index (χ2n) is 8.25. The fraction of sp³-hybridized carbons (Fsp3) is 0.360. The fourth-order valence-corrected chi connectivity index (χ4v) is 4.13. The van der Waals surface area contributed by atoms with E-state index >= 15 is 0 Å². The Kier molecular flexibility index (Phi) is 6.37. The summed E-state index contributed by atoms with van der Waals surface area (Å²) in [6.07, 6.45) is 3.88. The van der Waals surface area contributed by atoms with Gasteiger partial charge in [-0.25, -0.2) is 0 Å². The molecule has 0 aliphatic carbocycles. The molecule has 1 aromatic heterocycles. The Balaban J connectivity index is 1.65. The monoisotopic (exact) mass is 418 g/mol. The molecule has 6 nitrogen and oxygen atoms in total. The van der Waals surface area contributed by atoms with Crippen molar-refractivity contribution in [3.05, 3.63) is 71.9 Å². The number of aromatic nitrogens is 2. The van der Waals surface area contributed by atoms with Gasteiger partial charge in [0, 0.05) is 24.8 Å². The summed E-state index contributed by atoms with van der Waals surface area (Å²) in [7, 11) is 5.70. The summed E-state index contributed by atoms with van der Waals surface area (Å²) in [6.45, 7) is 2.65. The summed E-state index contributed by atoms with van der Waals surface area (Å²) < 4.78 is 7.15. The zero-order valence-corrected chi connectivity index (χ0v) is 18.5. The maximum absolute atomic E-state index is 13.5. The summed E-state index contributed by atoms with van der Waals surface area (Å²) in [5, 5.41) is 4.81. The van der Waals surface area contributed by atoms with Crippen LogP contribution in [0.15, 0.2) is 60.8 Å². The smallest absolute Gasteiger partial charge is 0.257 e. The lowest BCUT2D eigenvalue weighted by atomic mass is 10.0. The van der Waals surface area contributed by atoms with Crippen molar-refractivity contribution >= 4 is 5.91 Å². The van der Waals surface area contributed by atoms with E-state index in [0.717, 1.165) is 42.8 Å². The fourth-order valence-electron chi connectivity index (χ4n) is 4.13. The Labute approximate surface area is 184 Å². The zero-order valence-electron chi connectivity index (χ0n) is 18.5. The van der Waals surface area contributed by atoms with Gasteiger partial charge >= 0.3 is 0 Å². The Hall–Kier alpha value is -3.12. The maximum atomic E-state index is 13.5. The molecule has 1 amide bonds. The lowest BCUT2D eigenvalue weighted by molar-refractivity contribution is 0.0660. The number of carbonyl (C=O) groups excluding carboxylic acids is 1. The molecule has 1 aliphatic heterocycles. The highest BCUT2D eigenvalue weighted by molar-refractivity contribution is 5.99. The van der Waals surface area contributed by atoms with Crippen molar-refractivity contribution in [1.82, 2.24) is 19.6 Å². The predicted molar refractivity (Wildman–Crippen MR) is 122 cm³/mol. The molecule has 1 fully saturated rings. The third-order valence-corrected chi connectivity index (χ3v) is 6.10. The van der Waals surface area contributed by atoms with Crippen LogP contribution in [-0.2, 0) is 6.54 Å². The summed E-state index contributed by atoms with van der Waals surface area (Å²) in [6, 6.07) is 18.2. The first kappa shape index (κ1) is 21.1. The molecule has 31 heavy (non-hydrogen) atoms. The normalized spacial score (nSPS) is 15.1. The molecule has 0 N–H and O–H groups in total. The molecule has 4 rings (SSSR count). The van der Waals surface area contributed by atoms with E-state index in [1.165, 1.54) is 0 Å². The van der Waals surface area contributed by atoms with Crippen molar-refractivity contribution in [2.75, 3.05) is 34.3 Å². The molecule has 0 unspecified atom stereocenters. The average Bonchev–Trinajstić information content (AvgIpc) is 3.23. The molecule has 162 valence electrons. The Bertz CT molecular complexity index is 1010. The van der Waals surface area contributed by atoms with E-state index in [9.17, 15) is 4.79 Å². The lowest BCUT2D eigenvalue weighted by Gasteiger charge is -2.35. The minimum atomic E-state index is 0.0275. The van der Waals surface area contributed by atoms with Crippen molar-refractivity contribution in [3.63, 3.8) is 0 Å². The van der Waals surface area contributed by atoms with Gasteiger partial charge in [-0.05, 0) is 62.8 Å². The standard InChI is InChI=1S/C25H30N4O2/c1-27-15-13-21(14-16-27)28(2)25(30)23-18-29(17-19-7-5-4-6-8-19)26-24(23)20-9-11-22(31-3)12-10-20/h4-12,18,21H,13-17H2,1-3H3. The molecular formula is C25H30N4O2. The quantitative estimate of drug-likeness (QED) is 0.611. The largest absolute Gasteiger partial charge is 0.497 e. The van der Waals surface area contributed by atoms with Crippen LogP contribution in [0, 0.1) is 0 Å². The Morgan fingerprint density at radius 2 is 1.77 bits per heavy atom. The number of hydrogen-bond acceptors (Lipinski definition) is 4. The van der Waals surface area contributed by atoms with E-state index in [-0.39, 0.29) is 11.9 Å². The van der Waals surface area contributed by atoms with Gasteiger partial charge in [-0.1, -0.05) is 30.3 Å². The first-order valence-corrected chi connectivity index (χ1v) is 10.8. The van der Waals surface area contributed by atoms with Gasteiger partial charge in [-0.2, -0.15) is 5.10 Å². The number of ether oxygens (including phenoxy) is 1. The molecule has 0 spiro atoms. The molecule has 0 saturated carbocycles. The highest BCUT2D eigenvalue weighted by Crippen LogP contribution is 2.27. The molecular weight excluding hydrogens is 388 g/mol. The molecule has 2 aromatic carbocycles. The molecule has 0 bridgehead atoms. The third kappa shape index (κ3) is 4.80. The van der Waals surface area contributed by atoms with Crippen LogP contribution < -0.4 is 4.74 Å². The van der Waals surface area contributed by atoms with E-state index in [2.05, 4.69) is 24.1 Å². The molecule has 1 saturated heterocycles. The Morgan fingerprint density at radius 3 is 2.42 bits per heavy atom. The molecule has 6 heteroatoms. The SMILES string of the molecule is COc1ccc(-c2nn(Cc3ccccc3)cc2C(=O)N(C)C2CCN(C)CC2)cc1. The first-order chi connectivity index (χ1) is 15.0. The molecule has 0 radical (unpaired) electrons. The topological polar surface area (TPSA) is 50.6 Å². The number of rotatable bonds is 6. The van der Waals surface area contributed by atoms with Gasteiger partial charge in [0.2, 0.25) is 0 Å². The number of hydrogen-bond donors (Lipinski definition) is 0. The maximum Gasteiger partial charge on any atom is 0.257 e. The third-order valence-electron chi connectivity index (χ3n) is 6.10. The van der Waals surface area contributed by atoms with Crippen LogP contribution in [0.3, 0.4) is 0 Å². The van der Waals surface area contributed by atoms with Crippen LogP contribution in [-0.4, -0.2) is 65.8 Å². The molecule has 2 heterocycles. The van der Waals surface area contributed by atoms with Crippen LogP contribution in [0.2, 0.25) is 0 Å². The Morgan fingerprint density at radius 1 is 1.10 bits per heavy atom. The number of amides is 1. The van der Waals surface area contributed by atoms with Gasteiger partial charge in [-0.15, -0.1) is 0 Å². The van der Waals surface area contributed by atoms with E-state index < -0.39 is 0 Å². The van der Waals surface area contributed by atoms with E-state index in [1.54, 1.807) is 7.11 Å². The average molecular weight is 419 g/mol. The van der Waals surface area contributed by atoms with Gasteiger partial charge in [0.1, 0.15) is 11.4 Å². The van der Waals surface area contributed by atoms with E-state index in [1.807, 2.05) is 65.3 Å². The lowest BCUT2D eigenvalue weighted by Crippen LogP contribution is -2.44. The van der Waals surface area contributed by atoms with E-state index in [4.69, 9.17) is 9.84 Å². The van der Waals surface area contributed by atoms with Crippen LogP contribution in [0.25, 0.3) is 11.3 Å². The molecule has 1 aliphatic rings. The van der Waals surface area contributed by atoms with Gasteiger partial charge in [0.15, 0.2) is 0 Å². The highest BCUT2D eigenvalue weighted by atomic mass is 16.5. The summed E-state index contributed by atoms with van der Waals surface area (Å²) in [5.74, 6) is 0.809. The summed E-state index contributed by atoms with van der Waals surface area (Å²) >= 11 is 0. The summed E-state index contributed by atoms with van der Waals surface area (Å²) in [4.78, 5) is 17.8. The van der Waals surface area contributed by atoms with Gasteiger partial charge in [0.05, 0.1) is 19.2 Å². The van der Waals surface area contributed by atoms with Gasteiger partial charge in [-0.3, -0.25) is 9.48 Å². The van der Waals surface area contributed by atoms with Crippen molar-refractivity contribution in [3.8, 4) is 17.0 Å². The number of nitrogens with zero attached hydrogens (tertiary/aromatic N) is 4. The van der Waals surface area contributed by atoms with Crippen molar-refractivity contribution < 1.29 is 9.53 Å². The molecule has 3 aromatic rings. The second kappa shape index (κ2) is 9.35. The number of methoxy groups -OCH3 is 1. The van der Waals surface area contributed by atoms with Crippen LogP contribution in [0.4, 0.5) is 0 Å². The van der Waals surface area contributed by atoms with Crippen molar-refractivity contribution in [1.29, 1.82) is 0 Å². The highest BCUT2D eigenvalue weighted by Gasteiger charge is 2.28. The minimum Gasteiger partial charge on any atom is -0.497 e. The number of benzene rings is 2.